The minimum atomic E-state index is -1.09. The van der Waals surface area contributed by atoms with Crippen molar-refractivity contribution >= 4 is 28.4 Å². The number of Topliss-reactive ketones (excluding diaryl/α,β-unsaturated/α-hetero) is 2. The van der Waals surface area contributed by atoms with Gasteiger partial charge in [0.2, 0.25) is 11.6 Å². The van der Waals surface area contributed by atoms with Crippen molar-refractivity contribution in [3.8, 4) is 0 Å². The van der Waals surface area contributed by atoms with Crippen molar-refractivity contribution in [3.63, 3.8) is 0 Å². The minimum Gasteiger partial charge on any atom is -0.481 e. The van der Waals surface area contributed by atoms with Gasteiger partial charge >= 0.3 is 5.97 Å². The number of fused-ring (bicyclic) bond motifs is 1. The normalized spacial score (nSPS) is 10.6. The molecule has 98 valence electrons. The third kappa shape index (κ3) is 2.54. The molecule has 19 heavy (non-hydrogen) atoms. The first-order valence-electron chi connectivity index (χ1n) is 5.87. The fourth-order valence-electron chi connectivity index (χ4n) is 2.04. The molecule has 5 heteroatoms. The molecule has 0 saturated carbocycles. The number of H-pyrrole nitrogens is 1. The Kier molecular flexibility index (Phi) is 3.46. The molecule has 0 fully saturated rings. The van der Waals surface area contributed by atoms with E-state index in [0.29, 0.717) is 16.6 Å². The molecule has 0 unspecified atom stereocenters. The van der Waals surface area contributed by atoms with Crippen LogP contribution in [-0.2, 0) is 9.59 Å². The lowest BCUT2D eigenvalue weighted by atomic mass is 10.0. The lowest BCUT2D eigenvalue weighted by Crippen LogP contribution is -2.16. The Balaban J connectivity index is 2.33. The first kappa shape index (κ1) is 13.0. The van der Waals surface area contributed by atoms with Gasteiger partial charge < -0.3 is 10.1 Å². The van der Waals surface area contributed by atoms with Crippen LogP contribution in [0.1, 0.15) is 28.9 Å². The first-order valence-corrected chi connectivity index (χ1v) is 5.87. The number of hydrogen-bond acceptors (Lipinski definition) is 3. The van der Waals surface area contributed by atoms with Crippen LogP contribution in [0.3, 0.4) is 0 Å². The van der Waals surface area contributed by atoms with Crippen molar-refractivity contribution in [3.05, 3.63) is 35.5 Å². The number of para-hydroxylation sites is 1. The molecule has 0 aliphatic heterocycles. The summed E-state index contributed by atoms with van der Waals surface area (Å²) in [4.78, 5) is 37.3. The maximum Gasteiger partial charge on any atom is 0.303 e. The van der Waals surface area contributed by atoms with E-state index < -0.39 is 17.5 Å². The Labute approximate surface area is 109 Å². The molecule has 0 spiro atoms. The molecule has 0 amide bonds. The summed E-state index contributed by atoms with van der Waals surface area (Å²) in [7, 11) is 0. The quantitative estimate of drug-likeness (QED) is 0.635. The number of carbonyl (C=O) groups excluding carboxylic acids is 2. The lowest BCUT2D eigenvalue weighted by Gasteiger charge is -1.99. The number of aromatic nitrogens is 1. The van der Waals surface area contributed by atoms with Gasteiger partial charge in [-0.1, -0.05) is 18.2 Å². The van der Waals surface area contributed by atoms with Gasteiger partial charge in [0, 0.05) is 23.0 Å². The van der Waals surface area contributed by atoms with Gasteiger partial charge in [0.05, 0.1) is 12.0 Å². The highest BCUT2D eigenvalue weighted by molar-refractivity contribution is 6.46. The molecule has 1 aromatic heterocycles. The SMILES string of the molecule is Cc1[nH]c2ccccc2c1C(=O)C(=O)CCC(=O)O. The lowest BCUT2D eigenvalue weighted by molar-refractivity contribution is -0.138. The molecule has 0 atom stereocenters. The van der Waals surface area contributed by atoms with Crippen LogP contribution in [0.4, 0.5) is 0 Å². The van der Waals surface area contributed by atoms with Crippen LogP contribution in [0.2, 0.25) is 0 Å². The molecular weight excluding hydrogens is 246 g/mol. The summed E-state index contributed by atoms with van der Waals surface area (Å²) in [6.45, 7) is 1.72. The Bertz CT molecular complexity index is 669. The van der Waals surface area contributed by atoms with Gasteiger partial charge in [-0.25, -0.2) is 0 Å². The van der Waals surface area contributed by atoms with Crippen LogP contribution in [-0.4, -0.2) is 27.6 Å². The molecule has 0 aliphatic carbocycles. The third-order valence-electron chi connectivity index (χ3n) is 2.94. The fraction of sp³-hybridized carbons (Fsp3) is 0.214. The average molecular weight is 259 g/mol. The largest absolute Gasteiger partial charge is 0.481 e. The Morgan fingerprint density at radius 1 is 1.16 bits per heavy atom. The van der Waals surface area contributed by atoms with E-state index in [1.165, 1.54) is 0 Å². The number of carbonyl (C=O) groups is 3. The number of benzene rings is 1. The van der Waals surface area contributed by atoms with Gasteiger partial charge in [-0.05, 0) is 13.0 Å². The van der Waals surface area contributed by atoms with Crippen LogP contribution in [0, 0.1) is 6.92 Å². The molecule has 0 radical (unpaired) electrons. The van der Waals surface area contributed by atoms with Crippen LogP contribution in [0.5, 0.6) is 0 Å². The second kappa shape index (κ2) is 5.06. The first-order chi connectivity index (χ1) is 9.00. The van der Waals surface area contributed by atoms with E-state index in [1.54, 1.807) is 19.1 Å². The number of aromatic amines is 1. The molecule has 0 saturated heterocycles. The number of aliphatic carboxylic acids is 1. The third-order valence-corrected chi connectivity index (χ3v) is 2.94. The summed E-state index contributed by atoms with van der Waals surface area (Å²) in [6, 6.07) is 7.20. The smallest absolute Gasteiger partial charge is 0.303 e. The molecule has 2 N–H and O–H groups in total. The van der Waals surface area contributed by atoms with Gasteiger partial charge in [-0.2, -0.15) is 0 Å². The number of rotatable bonds is 5. The second-order valence-corrected chi connectivity index (χ2v) is 4.32. The van der Waals surface area contributed by atoms with E-state index in [-0.39, 0.29) is 12.8 Å². The molecule has 2 rings (SSSR count). The predicted molar refractivity (Wildman–Crippen MR) is 69.2 cm³/mol. The molecule has 1 aromatic carbocycles. The van der Waals surface area contributed by atoms with Crippen LogP contribution < -0.4 is 0 Å². The van der Waals surface area contributed by atoms with E-state index in [1.807, 2.05) is 12.1 Å². The van der Waals surface area contributed by atoms with Crippen molar-refractivity contribution in [1.29, 1.82) is 0 Å². The van der Waals surface area contributed by atoms with Crippen molar-refractivity contribution in [2.24, 2.45) is 0 Å². The van der Waals surface area contributed by atoms with E-state index >= 15 is 0 Å². The number of ketones is 2. The van der Waals surface area contributed by atoms with Crippen molar-refractivity contribution in [1.82, 2.24) is 4.98 Å². The molecule has 1 heterocycles. The topological polar surface area (TPSA) is 87.2 Å². The summed E-state index contributed by atoms with van der Waals surface area (Å²) < 4.78 is 0. The standard InChI is InChI=1S/C14H13NO4/c1-8-13(9-4-2-3-5-10(9)15-8)14(19)11(16)6-7-12(17)18/h2-5,15H,6-7H2,1H3,(H,17,18). The van der Waals surface area contributed by atoms with Crippen LogP contribution >= 0.6 is 0 Å². The maximum absolute atomic E-state index is 12.1. The summed E-state index contributed by atoms with van der Waals surface area (Å²) in [6.07, 6.45) is -0.598. The maximum atomic E-state index is 12.1. The van der Waals surface area contributed by atoms with E-state index in [9.17, 15) is 14.4 Å². The van der Waals surface area contributed by atoms with E-state index in [2.05, 4.69) is 4.98 Å². The number of carboxylic acid groups (broad SMARTS) is 1. The number of hydrogen-bond donors (Lipinski definition) is 2. The van der Waals surface area contributed by atoms with Gasteiger partial charge in [0.1, 0.15) is 0 Å². The van der Waals surface area contributed by atoms with E-state index in [0.717, 1.165) is 5.52 Å². The molecule has 0 aliphatic rings. The Morgan fingerprint density at radius 2 is 1.84 bits per heavy atom. The number of nitrogens with one attached hydrogen (secondary N) is 1. The molecular formula is C14H13NO4. The average Bonchev–Trinajstić information content (AvgIpc) is 2.70. The highest BCUT2D eigenvalue weighted by atomic mass is 16.4. The highest BCUT2D eigenvalue weighted by Crippen LogP contribution is 2.22. The monoisotopic (exact) mass is 259 g/mol. The van der Waals surface area contributed by atoms with Crippen molar-refractivity contribution in [2.75, 3.05) is 0 Å². The zero-order valence-electron chi connectivity index (χ0n) is 10.4. The summed E-state index contributed by atoms with van der Waals surface area (Å²) in [5, 5.41) is 9.22. The van der Waals surface area contributed by atoms with Crippen LogP contribution in [0.15, 0.2) is 24.3 Å². The minimum absolute atomic E-state index is 0.271. The van der Waals surface area contributed by atoms with Gasteiger partial charge in [-0.15, -0.1) is 0 Å². The van der Waals surface area contributed by atoms with Gasteiger partial charge in [0.25, 0.3) is 0 Å². The molecule has 5 nitrogen and oxygen atoms in total. The van der Waals surface area contributed by atoms with Crippen molar-refractivity contribution < 1.29 is 19.5 Å². The molecule has 0 bridgehead atoms. The fourth-order valence-corrected chi connectivity index (χ4v) is 2.04. The van der Waals surface area contributed by atoms with Gasteiger partial charge in [0.15, 0.2) is 0 Å². The van der Waals surface area contributed by atoms with Crippen LogP contribution in [0.25, 0.3) is 10.9 Å². The summed E-state index contributed by atoms with van der Waals surface area (Å²) in [5.41, 5.74) is 1.75. The number of carboxylic acids is 1. The van der Waals surface area contributed by atoms with E-state index in [4.69, 9.17) is 5.11 Å². The summed E-state index contributed by atoms with van der Waals surface area (Å²) >= 11 is 0. The second-order valence-electron chi connectivity index (χ2n) is 4.32. The predicted octanol–water partition coefficient (Wildman–Crippen LogP) is 2.09. The Morgan fingerprint density at radius 3 is 2.53 bits per heavy atom. The zero-order chi connectivity index (χ0) is 14.0. The number of aryl methyl sites for hydroxylation is 1. The highest BCUT2D eigenvalue weighted by Gasteiger charge is 2.22. The van der Waals surface area contributed by atoms with Gasteiger partial charge in [-0.3, -0.25) is 14.4 Å². The molecule has 2 aromatic rings. The summed E-state index contributed by atoms with van der Waals surface area (Å²) in [5.74, 6) is -2.39. The Hall–Kier alpha value is -2.43. The van der Waals surface area contributed by atoms with Crippen molar-refractivity contribution in [2.45, 2.75) is 19.8 Å². The zero-order valence-corrected chi connectivity index (χ0v) is 10.4.